The molecule has 2 nitrogen and oxygen atoms in total. The molecule has 0 aliphatic heterocycles. The zero-order chi connectivity index (χ0) is 15.4. The maximum atomic E-state index is 13.7. The Morgan fingerprint density at radius 1 is 1.15 bits per heavy atom. The van der Waals surface area contributed by atoms with Gasteiger partial charge in [0.15, 0.2) is 0 Å². The van der Waals surface area contributed by atoms with Crippen molar-refractivity contribution in [1.29, 1.82) is 0 Å². The van der Waals surface area contributed by atoms with Crippen LogP contribution in [-0.4, -0.2) is 24.9 Å². The van der Waals surface area contributed by atoms with E-state index in [1.54, 1.807) is 6.07 Å². The van der Waals surface area contributed by atoms with Crippen molar-refractivity contribution < 1.29 is 22.3 Å². The summed E-state index contributed by atoms with van der Waals surface area (Å²) in [5.41, 5.74) is -0.182. The second kappa shape index (κ2) is 6.54. The Morgan fingerprint density at radius 2 is 1.75 bits per heavy atom. The van der Waals surface area contributed by atoms with Gasteiger partial charge in [-0.2, -0.15) is 13.2 Å². The summed E-state index contributed by atoms with van der Waals surface area (Å²) >= 11 is 0. The summed E-state index contributed by atoms with van der Waals surface area (Å²) in [4.78, 5) is 0. The van der Waals surface area contributed by atoms with E-state index in [1.807, 2.05) is 20.8 Å². The van der Waals surface area contributed by atoms with Crippen molar-refractivity contribution in [3.63, 3.8) is 0 Å². The first-order valence-corrected chi connectivity index (χ1v) is 6.26. The van der Waals surface area contributed by atoms with E-state index in [4.69, 9.17) is 4.74 Å². The smallest absolute Gasteiger partial charge is 0.363 e. The molecule has 0 heterocycles. The first kappa shape index (κ1) is 16.9. The SMILES string of the molecule is CC(C)(C)NCC(OCC(F)(F)F)c1ccccc1F. The average molecular weight is 293 g/mol. The molecule has 1 aromatic rings. The molecule has 0 saturated heterocycles. The molecule has 0 saturated carbocycles. The minimum atomic E-state index is -4.44. The van der Waals surface area contributed by atoms with Gasteiger partial charge in [0, 0.05) is 17.6 Å². The van der Waals surface area contributed by atoms with Crippen LogP contribution in [0.1, 0.15) is 32.4 Å². The van der Waals surface area contributed by atoms with Crippen LogP contribution >= 0.6 is 0 Å². The number of rotatable bonds is 5. The monoisotopic (exact) mass is 293 g/mol. The molecule has 0 bridgehead atoms. The van der Waals surface area contributed by atoms with Crippen LogP contribution in [0, 0.1) is 5.82 Å². The molecule has 0 fully saturated rings. The molecule has 6 heteroatoms. The zero-order valence-corrected chi connectivity index (χ0v) is 11.7. The van der Waals surface area contributed by atoms with E-state index in [0.29, 0.717) is 0 Å². The Labute approximate surface area is 116 Å². The second-order valence-corrected chi connectivity index (χ2v) is 5.57. The molecule has 0 aromatic heterocycles. The fourth-order valence-corrected chi connectivity index (χ4v) is 1.59. The Kier molecular flexibility index (Phi) is 5.53. The largest absolute Gasteiger partial charge is 0.411 e. The highest BCUT2D eigenvalue weighted by Gasteiger charge is 2.30. The number of benzene rings is 1. The molecule has 1 N–H and O–H groups in total. The first-order valence-electron chi connectivity index (χ1n) is 6.26. The number of halogens is 4. The fourth-order valence-electron chi connectivity index (χ4n) is 1.59. The Morgan fingerprint density at radius 3 is 2.25 bits per heavy atom. The lowest BCUT2D eigenvalue weighted by atomic mass is 10.1. The molecule has 0 aliphatic rings. The second-order valence-electron chi connectivity index (χ2n) is 5.57. The van der Waals surface area contributed by atoms with Crippen LogP contribution in [0.2, 0.25) is 0 Å². The van der Waals surface area contributed by atoms with Crippen LogP contribution in [0.25, 0.3) is 0 Å². The summed E-state index contributed by atoms with van der Waals surface area (Å²) < 4.78 is 55.3. The first-order chi connectivity index (χ1) is 9.08. The quantitative estimate of drug-likeness (QED) is 0.833. The van der Waals surface area contributed by atoms with Crippen LogP contribution < -0.4 is 5.32 Å². The maximum absolute atomic E-state index is 13.7. The Balaban J connectivity index is 2.82. The van der Waals surface area contributed by atoms with Gasteiger partial charge in [0.2, 0.25) is 0 Å². The predicted molar refractivity (Wildman–Crippen MR) is 68.9 cm³/mol. The van der Waals surface area contributed by atoms with Crippen LogP contribution in [0.3, 0.4) is 0 Å². The summed E-state index contributed by atoms with van der Waals surface area (Å²) in [6.45, 7) is 4.30. The third-order valence-corrected chi connectivity index (χ3v) is 2.52. The Bertz CT molecular complexity index is 408. The van der Waals surface area contributed by atoms with E-state index in [9.17, 15) is 17.6 Å². The number of alkyl halides is 3. The molecule has 1 atom stereocenters. The number of nitrogens with one attached hydrogen (secondary N) is 1. The van der Waals surface area contributed by atoms with Crippen molar-refractivity contribution in [2.24, 2.45) is 0 Å². The minimum Gasteiger partial charge on any atom is -0.363 e. The highest BCUT2D eigenvalue weighted by molar-refractivity contribution is 5.20. The lowest BCUT2D eigenvalue weighted by Crippen LogP contribution is -2.39. The topological polar surface area (TPSA) is 21.3 Å². The zero-order valence-electron chi connectivity index (χ0n) is 11.7. The minimum absolute atomic E-state index is 0.0977. The number of hydrogen-bond acceptors (Lipinski definition) is 2. The molecular weight excluding hydrogens is 274 g/mol. The van der Waals surface area contributed by atoms with E-state index in [0.717, 1.165) is 0 Å². The van der Waals surface area contributed by atoms with Gasteiger partial charge in [-0.1, -0.05) is 18.2 Å². The number of ether oxygens (including phenoxy) is 1. The predicted octanol–water partition coefficient (Wildman–Crippen LogP) is 3.83. The molecule has 0 spiro atoms. The van der Waals surface area contributed by atoms with Gasteiger partial charge in [-0.05, 0) is 26.8 Å². The highest BCUT2D eigenvalue weighted by Crippen LogP contribution is 2.24. The lowest BCUT2D eigenvalue weighted by molar-refractivity contribution is -0.186. The van der Waals surface area contributed by atoms with Gasteiger partial charge in [0.25, 0.3) is 0 Å². The molecule has 114 valence electrons. The molecule has 1 unspecified atom stereocenters. The van der Waals surface area contributed by atoms with E-state index in [-0.39, 0.29) is 17.6 Å². The summed E-state index contributed by atoms with van der Waals surface area (Å²) in [5, 5.41) is 3.02. The van der Waals surface area contributed by atoms with Gasteiger partial charge in [0.05, 0.1) is 6.10 Å². The van der Waals surface area contributed by atoms with Crippen molar-refractivity contribution in [1.82, 2.24) is 5.32 Å². The van der Waals surface area contributed by atoms with Crippen molar-refractivity contribution in [3.05, 3.63) is 35.6 Å². The van der Waals surface area contributed by atoms with Crippen molar-refractivity contribution >= 4 is 0 Å². The summed E-state index contributed by atoms with van der Waals surface area (Å²) in [6.07, 6.45) is -5.43. The van der Waals surface area contributed by atoms with E-state index < -0.39 is 24.7 Å². The van der Waals surface area contributed by atoms with E-state index in [1.165, 1.54) is 18.2 Å². The third-order valence-electron chi connectivity index (χ3n) is 2.52. The van der Waals surface area contributed by atoms with Crippen LogP contribution in [-0.2, 0) is 4.74 Å². The fraction of sp³-hybridized carbons (Fsp3) is 0.571. The van der Waals surface area contributed by atoms with Gasteiger partial charge in [-0.15, -0.1) is 0 Å². The summed E-state index contributed by atoms with van der Waals surface area (Å²) in [5.74, 6) is -0.574. The summed E-state index contributed by atoms with van der Waals surface area (Å²) in [7, 11) is 0. The van der Waals surface area contributed by atoms with Crippen molar-refractivity contribution in [3.8, 4) is 0 Å². The van der Waals surface area contributed by atoms with Gasteiger partial charge < -0.3 is 10.1 Å². The van der Waals surface area contributed by atoms with Gasteiger partial charge in [-0.3, -0.25) is 0 Å². The number of hydrogen-bond donors (Lipinski definition) is 1. The van der Waals surface area contributed by atoms with E-state index in [2.05, 4.69) is 5.32 Å². The standard InChI is InChI=1S/C14H19F4NO/c1-13(2,3)19-8-12(20-9-14(16,17)18)10-6-4-5-7-11(10)15/h4-7,12,19H,8-9H2,1-3H3. The third kappa shape index (κ3) is 6.34. The summed E-state index contributed by atoms with van der Waals surface area (Å²) in [6, 6.07) is 5.69. The van der Waals surface area contributed by atoms with E-state index >= 15 is 0 Å². The van der Waals surface area contributed by atoms with Gasteiger partial charge in [-0.25, -0.2) is 4.39 Å². The molecule has 0 amide bonds. The molecule has 0 aliphatic carbocycles. The molecule has 1 aromatic carbocycles. The van der Waals surface area contributed by atoms with Gasteiger partial charge in [0.1, 0.15) is 12.4 Å². The van der Waals surface area contributed by atoms with Gasteiger partial charge >= 0.3 is 6.18 Å². The normalized spacial score (nSPS) is 14.3. The highest BCUT2D eigenvalue weighted by atomic mass is 19.4. The average Bonchev–Trinajstić information content (AvgIpc) is 2.28. The van der Waals surface area contributed by atoms with Crippen LogP contribution in [0.5, 0.6) is 0 Å². The van der Waals surface area contributed by atoms with Crippen molar-refractivity contribution in [2.75, 3.05) is 13.2 Å². The Hall–Kier alpha value is -1.14. The lowest BCUT2D eigenvalue weighted by Gasteiger charge is -2.26. The molecule has 20 heavy (non-hydrogen) atoms. The maximum Gasteiger partial charge on any atom is 0.411 e. The molecule has 1 rings (SSSR count). The molecular formula is C14H19F4NO. The van der Waals surface area contributed by atoms with Crippen LogP contribution in [0.15, 0.2) is 24.3 Å². The molecule has 0 radical (unpaired) electrons. The van der Waals surface area contributed by atoms with Crippen LogP contribution in [0.4, 0.5) is 17.6 Å². The van der Waals surface area contributed by atoms with Crippen molar-refractivity contribution in [2.45, 2.75) is 38.6 Å².